The van der Waals surface area contributed by atoms with E-state index in [1.165, 1.54) is 11.8 Å². The normalized spacial score (nSPS) is 10.2. The van der Waals surface area contributed by atoms with E-state index in [9.17, 15) is 10.1 Å². The average molecular weight is 381 g/mol. The minimum Gasteiger partial charge on any atom is -0.325 e. The first kappa shape index (κ1) is 17.9. The van der Waals surface area contributed by atoms with E-state index in [1.54, 1.807) is 42.6 Å². The molecule has 0 atom stereocenters. The molecule has 0 saturated carbocycles. The lowest BCUT2D eigenvalue weighted by atomic mass is 10.2. The summed E-state index contributed by atoms with van der Waals surface area (Å²) < 4.78 is 0. The van der Waals surface area contributed by atoms with Gasteiger partial charge in [0.15, 0.2) is 0 Å². The number of thioether (sulfide) groups is 1. The third-order valence-electron chi connectivity index (χ3n) is 3.36. The fraction of sp³-hybridized carbons (Fsp3) is 0.0526. The summed E-state index contributed by atoms with van der Waals surface area (Å²) in [6.45, 7) is 0. The monoisotopic (exact) mass is 380 g/mol. The first-order valence-corrected chi connectivity index (χ1v) is 9.03. The Labute approximate surface area is 160 Å². The van der Waals surface area contributed by atoms with E-state index in [0.717, 1.165) is 0 Å². The highest BCUT2D eigenvalue weighted by molar-refractivity contribution is 8.00. The predicted octanol–water partition coefficient (Wildman–Crippen LogP) is 4.40. The molecule has 7 heteroatoms. The third kappa shape index (κ3) is 4.60. The van der Waals surface area contributed by atoms with Gasteiger partial charge >= 0.3 is 0 Å². The molecule has 3 aromatic rings. The van der Waals surface area contributed by atoms with E-state index in [2.05, 4.69) is 21.4 Å². The fourth-order valence-corrected chi connectivity index (χ4v) is 3.15. The zero-order valence-corrected chi connectivity index (χ0v) is 15.1. The van der Waals surface area contributed by atoms with Crippen molar-refractivity contribution in [1.29, 1.82) is 5.26 Å². The van der Waals surface area contributed by atoms with Gasteiger partial charge in [0.25, 0.3) is 0 Å². The summed E-state index contributed by atoms with van der Waals surface area (Å²) in [6, 6.07) is 18.0. The Morgan fingerprint density at radius 3 is 2.77 bits per heavy atom. The van der Waals surface area contributed by atoms with Crippen molar-refractivity contribution in [2.45, 2.75) is 5.03 Å². The van der Waals surface area contributed by atoms with Gasteiger partial charge in [0.05, 0.1) is 22.7 Å². The summed E-state index contributed by atoms with van der Waals surface area (Å²) in [5, 5.41) is 13.1. The van der Waals surface area contributed by atoms with Crippen LogP contribution in [0, 0.1) is 11.3 Å². The molecule has 2 heterocycles. The van der Waals surface area contributed by atoms with Crippen LogP contribution in [0.5, 0.6) is 0 Å². The maximum Gasteiger partial charge on any atom is 0.234 e. The highest BCUT2D eigenvalue weighted by atomic mass is 35.5. The largest absolute Gasteiger partial charge is 0.325 e. The standard InChI is InChI=1S/C19H13ClN4OS/c20-14-4-3-5-15(10-14)23-18(25)12-26-19-13(11-21)7-8-17(24-19)16-6-1-2-9-22-16/h1-10H,12H2,(H,23,25). The average Bonchev–Trinajstić information content (AvgIpc) is 2.67. The molecule has 3 rings (SSSR count). The number of nitrogens with one attached hydrogen (secondary N) is 1. The molecule has 0 aliphatic heterocycles. The Balaban J connectivity index is 1.72. The van der Waals surface area contributed by atoms with Crippen LogP contribution >= 0.6 is 23.4 Å². The Kier molecular flexibility index (Phi) is 5.84. The third-order valence-corrected chi connectivity index (χ3v) is 4.58. The van der Waals surface area contributed by atoms with Crippen molar-refractivity contribution in [2.75, 3.05) is 11.1 Å². The zero-order chi connectivity index (χ0) is 18.4. The van der Waals surface area contributed by atoms with Crippen molar-refractivity contribution in [3.8, 4) is 17.5 Å². The summed E-state index contributed by atoms with van der Waals surface area (Å²) in [6.07, 6.45) is 1.68. The number of carbonyl (C=O) groups is 1. The van der Waals surface area contributed by atoms with Crippen molar-refractivity contribution in [2.24, 2.45) is 0 Å². The van der Waals surface area contributed by atoms with Crippen LogP contribution in [0.3, 0.4) is 0 Å². The van der Waals surface area contributed by atoms with Crippen molar-refractivity contribution in [3.63, 3.8) is 0 Å². The Hall–Kier alpha value is -2.88. The van der Waals surface area contributed by atoms with E-state index in [-0.39, 0.29) is 11.7 Å². The number of nitriles is 1. The van der Waals surface area contributed by atoms with Gasteiger partial charge < -0.3 is 5.32 Å². The van der Waals surface area contributed by atoms with Crippen LogP contribution in [0.15, 0.2) is 65.8 Å². The number of anilines is 1. The molecule has 1 amide bonds. The molecular weight excluding hydrogens is 368 g/mol. The molecule has 0 aliphatic rings. The Morgan fingerprint density at radius 2 is 2.04 bits per heavy atom. The predicted molar refractivity (Wildman–Crippen MR) is 103 cm³/mol. The van der Waals surface area contributed by atoms with Crippen LogP contribution < -0.4 is 5.32 Å². The fourth-order valence-electron chi connectivity index (χ4n) is 2.19. The van der Waals surface area contributed by atoms with Crippen LogP contribution in [-0.4, -0.2) is 21.6 Å². The maximum atomic E-state index is 12.2. The van der Waals surface area contributed by atoms with Crippen LogP contribution in [-0.2, 0) is 4.79 Å². The molecule has 5 nitrogen and oxygen atoms in total. The van der Waals surface area contributed by atoms with Gasteiger partial charge in [-0.25, -0.2) is 4.98 Å². The zero-order valence-electron chi connectivity index (χ0n) is 13.5. The molecule has 26 heavy (non-hydrogen) atoms. The number of halogens is 1. The number of pyridine rings is 2. The van der Waals surface area contributed by atoms with Gasteiger partial charge in [0.1, 0.15) is 11.1 Å². The van der Waals surface area contributed by atoms with Gasteiger partial charge in [-0.3, -0.25) is 9.78 Å². The number of hydrogen-bond acceptors (Lipinski definition) is 5. The van der Waals surface area contributed by atoms with Gasteiger partial charge in [-0.15, -0.1) is 0 Å². The highest BCUT2D eigenvalue weighted by Gasteiger charge is 2.11. The van der Waals surface area contributed by atoms with Crippen LogP contribution in [0.25, 0.3) is 11.4 Å². The molecule has 0 spiro atoms. The molecule has 0 saturated heterocycles. The minimum atomic E-state index is -0.203. The molecule has 0 fully saturated rings. The SMILES string of the molecule is N#Cc1ccc(-c2ccccn2)nc1SCC(=O)Nc1cccc(Cl)c1. The molecule has 1 N–H and O–H groups in total. The van der Waals surface area contributed by atoms with E-state index in [0.29, 0.717) is 32.7 Å². The van der Waals surface area contributed by atoms with Crippen molar-refractivity contribution in [1.82, 2.24) is 9.97 Å². The number of amides is 1. The van der Waals surface area contributed by atoms with Gasteiger partial charge in [0.2, 0.25) is 5.91 Å². The number of carbonyl (C=O) groups excluding carboxylic acids is 1. The molecule has 128 valence electrons. The second-order valence-corrected chi connectivity index (χ2v) is 6.62. The maximum absolute atomic E-state index is 12.2. The molecule has 0 radical (unpaired) electrons. The molecule has 0 bridgehead atoms. The van der Waals surface area contributed by atoms with Gasteiger partial charge in [-0.2, -0.15) is 5.26 Å². The topological polar surface area (TPSA) is 78.7 Å². The molecule has 0 unspecified atom stereocenters. The van der Waals surface area contributed by atoms with Crippen molar-refractivity contribution < 1.29 is 4.79 Å². The van der Waals surface area contributed by atoms with Crippen LogP contribution in [0.4, 0.5) is 5.69 Å². The van der Waals surface area contributed by atoms with E-state index >= 15 is 0 Å². The quantitative estimate of drug-likeness (QED) is 0.663. The van der Waals surface area contributed by atoms with Crippen LogP contribution in [0.2, 0.25) is 5.02 Å². The number of hydrogen-bond donors (Lipinski definition) is 1. The molecule has 1 aromatic carbocycles. The second-order valence-electron chi connectivity index (χ2n) is 5.22. The van der Waals surface area contributed by atoms with Crippen LogP contribution in [0.1, 0.15) is 5.56 Å². The first-order chi connectivity index (χ1) is 12.7. The van der Waals surface area contributed by atoms with E-state index in [1.807, 2.05) is 18.2 Å². The number of rotatable bonds is 5. The highest BCUT2D eigenvalue weighted by Crippen LogP contribution is 2.24. The lowest BCUT2D eigenvalue weighted by Crippen LogP contribution is -2.14. The Morgan fingerprint density at radius 1 is 1.15 bits per heavy atom. The number of aromatic nitrogens is 2. The second kappa shape index (κ2) is 8.48. The summed E-state index contributed by atoms with van der Waals surface area (Å²) in [7, 11) is 0. The molecule has 0 aliphatic carbocycles. The van der Waals surface area contributed by atoms with Gasteiger partial charge in [-0.05, 0) is 42.5 Å². The minimum absolute atomic E-state index is 0.125. The number of nitrogens with zero attached hydrogens (tertiary/aromatic N) is 3. The lowest BCUT2D eigenvalue weighted by Gasteiger charge is -2.07. The Bertz CT molecular complexity index is 973. The van der Waals surface area contributed by atoms with Crippen molar-refractivity contribution in [3.05, 3.63) is 71.4 Å². The van der Waals surface area contributed by atoms with Gasteiger partial charge in [0, 0.05) is 16.9 Å². The van der Waals surface area contributed by atoms with Gasteiger partial charge in [-0.1, -0.05) is 35.5 Å². The first-order valence-electron chi connectivity index (χ1n) is 7.66. The number of benzene rings is 1. The lowest BCUT2D eigenvalue weighted by molar-refractivity contribution is -0.113. The van der Waals surface area contributed by atoms with E-state index < -0.39 is 0 Å². The summed E-state index contributed by atoms with van der Waals surface area (Å²) in [5.74, 6) is -0.0777. The summed E-state index contributed by atoms with van der Waals surface area (Å²) >= 11 is 7.11. The van der Waals surface area contributed by atoms with E-state index in [4.69, 9.17) is 11.6 Å². The molecule has 2 aromatic heterocycles. The summed E-state index contributed by atoms with van der Waals surface area (Å²) in [4.78, 5) is 20.9. The van der Waals surface area contributed by atoms with Crippen molar-refractivity contribution >= 4 is 35.0 Å². The summed E-state index contributed by atoms with van der Waals surface area (Å²) in [5.41, 5.74) is 2.41. The smallest absolute Gasteiger partial charge is 0.234 e. The molecular formula is C19H13ClN4OS.